The number of aromatic hydroxyl groups is 1. The largest absolute Gasteiger partial charge is 0.508 e. The van der Waals surface area contributed by atoms with Crippen LogP contribution in [0.1, 0.15) is 5.56 Å². The Kier molecular flexibility index (Phi) is 2.17. The van der Waals surface area contributed by atoms with E-state index in [1.807, 2.05) is 0 Å². The first kappa shape index (κ1) is 8.10. The molecule has 3 N–H and O–H groups in total. The fourth-order valence-corrected chi connectivity index (χ4v) is 0.906. The van der Waals surface area contributed by atoms with Crippen LogP contribution < -0.4 is 5.46 Å². The van der Waals surface area contributed by atoms with E-state index >= 15 is 0 Å². The van der Waals surface area contributed by atoms with Gasteiger partial charge in [0, 0.05) is 0 Å². The maximum atomic E-state index is 8.96. The second-order valence-electron chi connectivity index (χ2n) is 2.41. The average molecular weight is 152 g/mol. The highest BCUT2D eigenvalue weighted by Gasteiger charge is 2.13. The summed E-state index contributed by atoms with van der Waals surface area (Å²) in [5.74, 6) is 0.0405. The van der Waals surface area contributed by atoms with Gasteiger partial charge in [0.05, 0.1) is 0 Å². The molecule has 0 saturated heterocycles. The Labute approximate surface area is 65.1 Å². The first-order valence-corrected chi connectivity index (χ1v) is 3.27. The van der Waals surface area contributed by atoms with Crippen LogP contribution in [-0.4, -0.2) is 22.3 Å². The van der Waals surface area contributed by atoms with E-state index in [0.29, 0.717) is 5.46 Å². The smallest absolute Gasteiger partial charge is 0.488 e. The highest BCUT2D eigenvalue weighted by molar-refractivity contribution is 6.59. The normalized spacial score (nSPS) is 9.73. The number of phenolic OH excluding ortho intramolecular Hbond substituents is 1. The summed E-state index contributed by atoms with van der Waals surface area (Å²) in [6.07, 6.45) is 0. The molecule has 0 amide bonds. The van der Waals surface area contributed by atoms with Crippen molar-refractivity contribution in [1.29, 1.82) is 0 Å². The Balaban J connectivity index is 3.13. The zero-order chi connectivity index (χ0) is 8.43. The van der Waals surface area contributed by atoms with Crippen LogP contribution in [0.4, 0.5) is 0 Å². The molecule has 0 radical (unpaired) electrons. The predicted molar refractivity (Wildman–Crippen MR) is 42.7 cm³/mol. The molecular weight excluding hydrogens is 143 g/mol. The second kappa shape index (κ2) is 2.94. The molecule has 3 nitrogen and oxygen atoms in total. The molecule has 11 heavy (non-hydrogen) atoms. The molecule has 1 rings (SSSR count). The first-order valence-electron chi connectivity index (χ1n) is 3.27. The molecule has 0 aromatic heterocycles. The number of rotatable bonds is 1. The number of benzene rings is 1. The summed E-state index contributed by atoms with van der Waals surface area (Å²) in [4.78, 5) is 0. The minimum absolute atomic E-state index is 0.0405. The van der Waals surface area contributed by atoms with Gasteiger partial charge in [-0.15, -0.1) is 0 Å². The summed E-state index contributed by atoms with van der Waals surface area (Å²) in [6, 6.07) is 4.46. The van der Waals surface area contributed by atoms with Gasteiger partial charge in [-0.25, -0.2) is 0 Å². The molecule has 0 fully saturated rings. The quantitative estimate of drug-likeness (QED) is 0.470. The summed E-state index contributed by atoms with van der Waals surface area (Å²) < 4.78 is 0. The molecular formula is C7H9BO3. The van der Waals surface area contributed by atoms with E-state index in [2.05, 4.69) is 0 Å². The van der Waals surface area contributed by atoms with Gasteiger partial charge in [0.15, 0.2) is 0 Å². The van der Waals surface area contributed by atoms with Crippen molar-refractivity contribution in [2.45, 2.75) is 6.92 Å². The van der Waals surface area contributed by atoms with Crippen LogP contribution in [-0.2, 0) is 0 Å². The Morgan fingerprint density at radius 1 is 1.27 bits per heavy atom. The van der Waals surface area contributed by atoms with Crippen LogP contribution in [0.3, 0.4) is 0 Å². The first-order chi connectivity index (χ1) is 5.11. The van der Waals surface area contributed by atoms with E-state index in [4.69, 9.17) is 15.2 Å². The van der Waals surface area contributed by atoms with E-state index in [0.717, 1.165) is 5.56 Å². The lowest BCUT2D eigenvalue weighted by molar-refractivity contribution is 0.424. The molecule has 1 aromatic rings. The van der Waals surface area contributed by atoms with Crippen LogP contribution in [0.15, 0.2) is 18.2 Å². The lowest BCUT2D eigenvalue weighted by atomic mass is 9.77. The molecule has 0 aliphatic rings. The molecule has 0 bridgehead atoms. The van der Waals surface area contributed by atoms with Crippen molar-refractivity contribution in [1.82, 2.24) is 0 Å². The van der Waals surface area contributed by atoms with Crippen molar-refractivity contribution in [3.63, 3.8) is 0 Å². The van der Waals surface area contributed by atoms with Gasteiger partial charge in [0.25, 0.3) is 0 Å². The Bertz CT molecular complexity index is 260. The second-order valence-corrected chi connectivity index (χ2v) is 2.41. The van der Waals surface area contributed by atoms with E-state index in [-0.39, 0.29) is 5.75 Å². The van der Waals surface area contributed by atoms with Crippen LogP contribution in [0.5, 0.6) is 5.75 Å². The van der Waals surface area contributed by atoms with Gasteiger partial charge in [-0.05, 0) is 24.5 Å². The number of hydrogen-bond donors (Lipinski definition) is 3. The van der Waals surface area contributed by atoms with Crippen LogP contribution in [0.2, 0.25) is 0 Å². The summed E-state index contributed by atoms with van der Waals surface area (Å²) in [5.41, 5.74) is 1.09. The van der Waals surface area contributed by atoms with Gasteiger partial charge in [-0.3, -0.25) is 0 Å². The molecule has 0 heterocycles. The molecule has 0 aliphatic heterocycles. The third-order valence-electron chi connectivity index (χ3n) is 1.54. The highest BCUT2D eigenvalue weighted by Crippen LogP contribution is 2.06. The predicted octanol–water partition coefficient (Wildman–Crippen LogP) is -0.620. The zero-order valence-corrected chi connectivity index (χ0v) is 6.15. The lowest BCUT2D eigenvalue weighted by Gasteiger charge is -2.03. The number of aryl methyl sites for hydroxylation is 1. The maximum Gasteiger partial charge on any atom is 0.488 e. The zero-order valence-electron chi connectivity index (χ0n) is 6.15. The van der Waals surface area contributed by atoms with Crippen molar-refractivity contribution < 1.29 is 15.2 Å². The summed E-state index contributed by atoms with van der Waals surface area (Å²) in [7, 11) is -1.51. The molecule has 1 aromatic carbocycles. The fourth-order valence-electron chi connectivity index (χ4n) is 0.906. The third-order valence-corrected chi connectivity index (χ3v) is 1.54. The highest BCUT2D eigenvalue weighted by atomic mass is 16.4. The summed E-state index contributed by atoms with van der Waals surface area (Å²) in [6.45, 7) is 1.74. The van der Waals surface area contributed by atoms with E-state index in [1.165, 1.54) is 12.1 Å². The number of hydrogen-bond acceptors (Lipinski definition) is 3. The monoisotopic (exact) mass is 152 g/mol. The van der Waals surface area contributed by atoms with E-state index in [9.17, 15) is 0 Å². The number of phenols is 1. The maximum absolute atomic E-state index is 8.96. The molecule has 58 valence electrons. The van der Waals surface area contributed by atoms with Gasteiger partial charge < -0.3 is 15.2 Å². The average Bonchev–Trinajstić information content (AvgIpc) is 1.94. The van der Waals surface area contributed by atoms with Crippen molar-refractivity contribution in [2.24, 2.45) is 0 Å². The Hall–Kier alpha value is -0.995. The Morgan fingerprint density at radius 2 is 1.91 bits per heavy atom. The van der Waals surface area contributed by atoms with Crippen molar-refractivity contribution in [2.75, 3.05) is 0 Å². The van der Waals surface area contributed by atoms with Crippen molar-refractivity contribution >= 4 is 12.6 Å². The van der Waals surface area contributed by atoms with Gasteiger partial charge in [-0.2, -0.15) is 0 Å². The van der Waals surface area contributed by atoms with Gasteiger partial charge in [-0.1, -0.05) is 11.6 Å². The van der Waals surface area contributed by atoms with Crippen LogP contribution in [0.25, 0.3) is 0 Å². The van der Waals surface area contributed by atoms with Gasteiger partial charge in [0.1, 0.15) is 5.75 Å². The molecule has 0 unspecified atom stereocenters. The summed E-state index contributed by atoms with van der Waals surface area (Å²) in [5, 5.41) is 26.5. The molecule has 0 spiro atoms. The van der Waals surface area contributed by atoms with E-state index in [1.54, 1.807) is 13.0 Å². The van der Waals surface area contributed by atoms with Crippen molar-refractivity contribution in [3.8, 4) is 5.75 Å². The van der Waals surface area contributed by atoms with Crippen molar-refractivity contribution in [3.05, 3.63) is 23.8 Å². The van der Waals surface area contributed by atoms with Gasteiger partial charge in [0.2, 0.25) is 0 Å². The molecule has 0 saturated carbocycles. The molecule has 4 heteroatoms. The summed E-state index contributed by atoms with van der Waals surface area (Å²) >= 11 is 0. The fraction of sp³-hybridized carbons (Fsp3) is 0.143. The standard InChI is InChI=1S/C7H9BO3/c1-5-2-3-6(9)4-7(5)8(10)11/h2-4,9-11H,1H3. The SMILES string of the molecule is Cc1ccc(O)cc1B(O)O. The van der Waals surface area contributed by atoms with E-state index < -0.39 is 7.12 Å². The lowest BCUT2D eigenvalue weighted by Crippen LogP contribution is -2.31. The van der Waals surface area contributed by atoms with Gasteiger partial charge >= 0.3 is 7.12 Å². The minimum atomic E-state index is -1.51. The van der Waals surface area contributed by atoms with Crippen LogP contribution in [0, 0.1) is 6.92 Å². The third kappa shape index (κ3) is 1.72. The Morgan fingerprint density at radius 3 is 2.36 bits per heavy atom. The topological polar surface area (TPSA) is 60.7 Å². The van der Waals surface area contributed by atoms with Crippen LogP contribution >= 0.6 is 0 Å². The molecule has 0 atom stereocenters. The minimum Gasteiger partial charge on any atom is -0.508 e. The molecule has 0 aliphatic carbocycles.